The third-order valence-corrected chi connectivity index (χ3v) is 10.9. The van der Waals surface area contributed by atoms with E-state index in [1.165, 1.54) is 25.9 Å². The van der Waals surface area contributed by atoms with Crippen LogP contribution in [0.1, 0.15) is 18.2 Å². The third-order valence-electron chi connectivity index (χ3n) is 9.77. The van der Waals surface area contributed by atoms with Gasteiger partial charge in [-0.3, -0.25) is 0 Å². The van der Waals surface area contributed by atoms with Crippen molar-refractivity contribution in [3.8, 4) is 61.2 Å². The van der Waals surface area contributed by atoms with Crippen LogP contribution in [-0.2, 0) is 0 Å². The van der Waals surface area contributed by atoms with Crippen molar-refractivity contribution < 1.29 is 0 Å². The second-order valence-electron chi connectivity index (χ2n) is 13.0. The van der Waals surface area contributed by atoms with Crippen LogP contribution in [0.15, 0.2) is 176 Å². The van der Waals surface area contributed by atoms with Crippen molar-refractivity contribution in [2.24, 2.45) is 0 Å². The summed E-state index contributed by atoms with van der Waals surface area (Å²) in [6.45, 7) is 6.31. The van der Waals surface area contributed by atoms with Gasteiger partial charge in [-0.1, -0.05) is 146 Å². The molecule has 3 heterocycles. The van der Waals surface area contributed by atoms with E-state index >= 15 is 0 Å². The lowest BCUT2D eigenvalue weighted by atomic mass is 9.96. The van der Waals surface area contributed by atoms with Crippen molar-refractivity contribution in [2.45, 2.75) is 6.92 Å². The van der Waals surface area contributed by atoms with Crippen molar-refractivity contribution in [1.82, 2.24) is 14.5 Å². The predicted molar refractivity (Wildman–Crippen MR) is 226 cm³/mol. The highest BCUT2D eigenvalue weighted by atomic mass is 32.1. The van der Waals surface area contributed by atoms with Gasteiger partial charge in [-0.25, -0.2) is 9.97 Å². The molecule has 0 saturated carbocycles. The fourth-order valence-corrected chi connectivity index (χ4v) is 8.37. The molecule has 6 aromatic carbocycles. The van der Waals surface area contributed by atoms with E-state index in [2.05, 4.69) is 194 Å². The monoisotopic (exact) mass is 697 g/mol. The molecule has 0 aliphatic carbocycles. The highest BCUT2D eigenvalue weighted by Crippen LogP contribution is 2.39. The Balaban J connectivity index is 1.25. The molecule has 4 heteroatoms. The second kappa shape index (κ2) is 13.8. The first kappa shape index (κ1) is 32.3. The molecule has 9 aromatic rings. The van der Waals surface area contributed by atoms with E-state index in [1.54, 1.807) is 0 Å². The Morgan fingerprint density at radius 3 is 2.04 bits per heavy atom. The zero-order valence-corrected chi connectivity index (χ0v) is 30.1. The molecule has 0 aliphatic heterocycles. The van der Waals surface area contributed by atoms with Crippen molar-refractivity contribution in [1.29, 1.82) is 0 Å². The lowest BCUT2D eigenvalue weighted by molar-refractivity contribution is 1.09. The van der Waals surface area contributed by atoms with Gasteiger partial charge in [-0.2, -0.15) is 0 Å². The maximum Gasteiger partial charge on any atom is 0.162 e. The Morgan fingerprint density at radius 1 is 0.585 bits per heavy atom. The summed E-state index contributed by atoms with van der Waals surface area (Å²) in [6.07, 6.45) is 6.19. The molecule has 0 unspecified atom stereocenters. The molecular weight excluding hydrogens is 663 g/mol. The summed E-state index contributed by atoms with van der Waals surface area (Å²) >= 11 is 1.82. The minimum absolute atomic E-state index is 0.657. The molecule has 0 N–H and O–H groups in total. The molecule has 0 radical (unpaired) electrons. The van der Waals surface area contributed by atoms with Crippen LogP contribution >= 0.6 is 11.3 Å². The van der Waals surface area contributed by atoms with Gasteiger partial charge in [0.25, 0.3) is 0 Å². The highest BCUT2D eigenvalue weighted by Gasteiger charge is 2.20. The van der Waals surface area contributed by atoms with E-state index in [1.807, 2.05) is 17.4 Å². The summed E-state index contributed by atoms with van der Waals surface area (Å²) in [7, 11) is 0. The van der Waals surface area contributed by atoms with Gasteiger partial charge >= 0.3 is 0 Å². The maximum atomic E-state index is 5.38. The first-order valence-electron chi connectivity index (χ1n) is 17.8. The number of thiophene rings is 1. The average Bonchev–Trinajstić information content (AvgIpc) is 3.80. The number of aromatic nitrogens is 3. The van der Waals surface area contributed by atoms with Crippen LogP contribution in [0.3, 0.4) is 0 Å². The molecule has 252 valence electrons. The molecule has 0 fully saturated rings. The summed E-state index contributed by atoms with van der Waals surface area (Å²) < 4.78 is 3.58. The number of allylic oxidation sites excluding steroid dienone is 1. The van der Waals surface area contributed by atoms with Gasteiger partial charge in [-0.05, 0) is 71.5 Å². The van der Waals surface area contributed by atoms with Gasteiger partial charge in [0.2, 0.25) is 0 Å². The molecule has 3 nitrogen and oxygen atoms in total. The predicted octanol–water partition coefficient (Wildman–Crippen LogP) is 13.6. The quantitative estimate of drug-likeness (QED) is 0.158. The summed E-state index contributed by atoms with van der Waals surface area (Å²) in [6, 6.07) is 57.7. The molecule has 9 rings (SSSR count). The van der Waals surface area contributed by atoms with Crippen LogP contribution in [0.25, 0.3) is 94.3 Å². The van der Waals surface area contributed by atoms with E-state index in [0.717, 1.165) is 61.7 Å². The van der Waals surface area contributed by atoms with Crippen molar-refractivity contribution in [3.05, 3.63) is 188 Å². The summed E-state index contributed by atoms with van der Waals surface area (Å²) in [5.74, 6) is 0.657. The lowest BCUT2D eigenvalue weighted by Gasteiger charge is -2.16. The van der Waals surface area contributed by atoms with Gasteiger partial charge in [0, 0.05) is 37.2 Å². The number of para-hydroxylation sites is 2. The normalized spacial score (nSPS) is 11.5. The number of rotatable bonds is 8. The summed E-state index contributed by atoms with van der Waals surface area (Å²) in [5.41, 5.74) is 12.5. The Labute approximate surface area is 313 Å². The van der Waals surface area contributed by atoms with E-state index < -0.39 is 0 Å². The minimum Gasteiger partial charge on any atom is -0.309 e. The fourth-order valence-electron chi connectivity index (χ4n) is 7.30. The van der Waals surface area contributed by atoms with Crippen molar-refractivity contribution in [2.75, 3.05) is 0 Å². The zero-order valence-electron chi connectivity index (χ0n) is 29.3. The Kier molecular flexibility index (Phi) is 8.43. The highest BCUT2D eigenvalue weighted by molar-refractivity contribution is 7.22. The van der Waals surface area contributed by atoms with E-state index in [-0.39, 0.29) is 0 Å². The van der Waals surface area contributed by atoms with Crippen molar-refractivity contribution >= 4 is 44.5 Å². The first-order chi connectivity index (χ1) is 26.2. The first-order valence-corrected chi connectivity index (χ1v) is 18.6. The molecule has 3 aromatic heterocycles. The SMILES string of the molecule is C=Cc1c(/C=C\C)c2ccccc2n1-c1ccccc1-c1nc(-c2ccc(-c3cc4ccccc4s3)cc2)cc(-c2ccccc2-c2ccccc2)n1. The van der Waals surface area contributed by atoms with E-state index in [9.17, 15) is 0 Å². The molecule has 0 saturated heterocycles. The maximum absolute atomic E-state index is 5.38. The second-order valence-corrected chi connectivity index (χ2v) is 14.1. The minimum atomic E-state index is 0.657. The molecule has 0 aliphatic rings. The summed E-state index contributed by atoms with van der Waals surface area (Å²) in [4.78, 5) is 12.0. The molecular formula is C49H35N3S. The Bertz CT molecular complexity index is 2770. The molecule has 0 bridgehead atoms. The van der Waals surface area contributed by atoms with Crippen LogP contribution in [0, 0.1) is 0 Å². The number of benzene rings is 6. The average molecular weight is 698 g/mol. The zero-order chi connectivity index (χ0) is 35.7. The Morgan fingerprint density at radius 2 is 1.25 bits per heavy atom. The fraction of sp³-hybridized carbons (Fsp3) is 0.0204. The number of hydrogen-bond donors (Lipinski definition) is 0. The number of fused-ring (bicyclic) bond motifs is 2. The molecule has 53 heavy (non-hydrogen) atoms. The van der Waals surface area contributed by atoms with Crippen LogP contribution in [-0.4, -0.2) is 14.5 Å². The van der Waals surface area contributed by atoms with Crippen molar-refractivity contribution in [3.63, 3.8) is 0 Å². The third kappa shape index (κ3) is 5.89. The van der Waals surface area contributed by atoms with Gasteiger partial charge < -0.3 is 4.57 Å². The van der Waals surface area contributed by atoms with E-state index in [4.69, 9.17) is 9.97 Å². The van der Waals surface area contributed by atoms with E-state index in [0.29, 0.717) is 5.82 Å². The smallest absolute Gasteiger partial charge is 0.162 e. The number of nitrogens with zero attached hydrogens (tertiary/aromatic N) is 3. The number of hydrogen-bond acceptors (Lipinski definition) is 3. The van der Waals surface area contributed by atoms with Gasteiger partial charge in [0.05, 0.1) is 28.3 Å². The largest absolute Gasteiger partial charge is 0.309 e. The molecule has 0 spiro atoms. The Hall–Kier alpha value is -6.62. The van der Waals surface area contributed by atoms with Gasteiger partial charge in [0.1, 0.15) is 0 Å². The lowest BCUT2D eigenvalue weighted by Crippen LogP contribution is -2.03. The van der Waals surface area contributed by atoms with Gasteiger partial charge in [-0.15, -0.1) is 11.3 Å². The topological polar surface area (TPSA) is 30.7 Å². The van der Waals surface area contributed by atoms with Crippen LogP contribution in [0.4, 0.5) is 0 Å². The standard InChI is InChI=1S/C49H35N3S/c1-3-16-39-40-22-11-13-24-45(40)52(44(39)4-2)46-25-14-12-23-41(46)49-50-42(32-43(51-49)38-21-10-9-20-37(38)33-17-6-5-7-18-33)34-27-29-35(30-28-34)48-31-36-19-8-15-26-47(36)53-48/h3-32H,2H2,1H3/b16-3-. The molecule has 0 amide bonds. The van der Waals surface area contributed by atoms with Gasteiger partial charge in [0.15, 0.2) is 5.82 Å². The van der Waals surface area contributed by atoms with Crippen LogP contribution in [0.2, 0.25) is 0 Å². The summed E-state index contributed by atoms with van der Waals surface area (Å²) in [5, 5.41) is 2.44. The van der Waals surface area contributed by atoms with Crippen LogP contribution < -0.4 is 0 Å². The molecule has 0 atom stereocenters. The van der Waals surface area contributed by atoms with Crippen LogP contribution in [0.5, 0.6) is 0 Å².